The topological polar surface area (TPSA) is 73.0 Å². The maximum Gasteiger partial charge on any atom is 0.231 e. The number of hydrogen-bond donors (Lipinski definition) is 1. The fourth-order valence-corrected chi connectivity index (χ4v) is 4.07. The summed E-state index contributed by atoms with van der Waals surface area (Å²) in [6, 6.07) is 21.0. The van der Waals surface area contributed by atoms with E-state index in [9.17, 15) is 4.79 Å². The van der Waals surface area contributed by atoms with Gasteiger partial charge in [0, 0.05) is 17.1 Å². The minimum absolute atomic E-state index is 0.107. The van der Waals surface area contributed by atoms with Gasteiger partial charge in [0.25, 0.3) is 0 Å². The number of amides is 1. The zero-order valence-electron chi connectivity index (χ0n) is 16.9. The Morgan fingerprint density at radius 2 is 1.87 bits per heavy atom. The molecule has 0 bridgehead atoms. The maximum absolute atomic E-state index is 12.5. The van der Waals surface area contributed by atoms with Crippen molar-refractivity contribution in [3.63, 3.8) is 0 Å². The van der Waals surface area contributed by atoms with Crippen LogP contribution in [-0.2, 0) is 11.2 Å². The predicted octanol–water partition coefficient (Wildman–Crippen LogP) is 5.07. The van der Waals surface area contributed by atoms with Crippen molar-refractivity contribution in [1.82, 2.24) is 20.1 Å². The highest BCUT2D eigenvalue weighted by Gasteiger charge is 2.18. The first-order valence-corrected chi connectivity index (χ1v) is 11.2. The van der Waals surface area contributed by atoms with Crippen molar-refractivity contribution in [2.75, 3.05) is 5.75 Å². The van der Waals surface area contributed by atoms with Crippen LogP contribution in [0, 0.1) is 0 Å². The second kappa shape index (κ2) is 9.85. The largest absolute Gasteiger partial charge is 0.467 e. The molecule has 0 aliphatic carbocycles. The molecule has 1 N–H and O–H groups in total. The summed E-state index contributed by atoms with van der Waals surface area (Å²) in [4.78, 5) is 12.5. The lowest BCUT2D eigenvalue weighted by Crippen LogP contribution is -2.28. The lowest BCUT2D eigenvalue weighted by molar-refractivity contribution is -0.119. The van der Waals surface area contributed by atoms with Crippen molar-refractivity contribution in [1.29, 1.82) is 0 Å². The minimum Gasteiger partial charge on any atom is -0.467 e. The number of nitrogens with one attached hydrogen (secondary N) is 1. The summed E-state index contributed by atoms with van der Waals surface area (Å²) in [6.07, 6.45) is 2.22. The molecule has 31 heavy (non-hydrogen) atoms. The number of nitrogens with zero attached hydrogens (tertiary/aromatic N) is 3. The van der Waals surface area contributed by atoms with Gasteiger partial charge in [0.05, 0.1) is 18.1 Å². The minimum atomic E-state index is -0.203. The maximum atomic E-state index is 12.5. The van der Waals surface area contributed by atoms with Crippen molar-refractivity contribution in [3.05, 3.63) is 95.2 Å². The highest BCUT2D eigenvalue weighted by molar-refractivity contribution is 7.99. The number of aromatic nitrogens is 3. The lowest BCUT2D eigenvalue weighted by atomic mass is 10.1. The standard InChI is InChI=1S/C23H21ClN4O2S/c1-16(20-8-5-13-30-20)25-22(29)15-31-23-27-26-21(14-17-6-3-2-4-7-17)28(23)19-11-9-18(24)10-12-19/h2-13,16H,14-15H2,1H3,(H,25,29)/t16-/m1/s1. The third kappa shape index (κ3) is 5.37. The summed E-state index contributed by atoms with van der Waals surface area (Å²) in [6.45, 7) is 1.88. The number of thioether (sulfide) groups is 1. The first-order chi connectivity index (χ1) is 15.1. The number of rotatable bonds is 8. The summed E-state index contributed by atoms with van der Waals surface area (Å²) in [7, 11) is 0. The zero-order valence-corrected chi connectivity index (χ0v) is 18.4. The molecule has 2 aromatic carbocycles. The molecule has 6 nitrogen and oxygen atoms in total. The van der Waals surface area contributed by atoms with Crippen LogP contribution < -0.4 is 5.32 Å². The molecule has 0 saturated heterocycles. The third-order valence-corrected chi connectivity index (χ3v) is 5.85. The average molecular weight is 453 g/mol. The van der Waals surface area contributed by atoms with Gasteiger partial charge in [-0.25, -0.2) is 0 Å². The van der Waals surface area contributed by atoms with Crippen molar-refractivity contribution in [2.24, 2.45) is 0 Å². The van der Waals surface area contributed by atoms with Crippen molar-refractivity contribution in [3.8, 4) is 5.69 Å². The van der Waals surface area contributed by atoms with Gasteiger partial charge < -0.3 is 9.73 Å². The molecule has 0 radical (unpaired) electrons. The van der Waals surface area contributed by atoms with E-state index in [1.54, 1.807) is 12.3 Å². The van der Waals surface area contributed by atoms with Crippen molar-refractivity contribution >= 4 is 29.3 Å². The molecule has 8 heteroatoms. The van der Waals surface area contributed by atoms with Crippen LogP contribution in [0.3, 0.4) is 0 Å². The Kier molecular flexibility index (Phi) is 6.74. The number of benzene rings is 2. The molecule has 0 fully saturated rings. The van der Waals surface area contributed by atoms with Gasteiger partial charge in [0.1, 0.15) is 11.6 Å². The Labute approximate surface area is 189 Å². The summed E-state index contributed by atoms with van der Waals surface area (Å²) in [5.41, 5.74) is 2.03. The molecule has 4 rings (SSSR count). The number of carbonyl (C=O) groups is 1. The molecule has 0 spiro atoms. The van der Waals surface area contributed by atoms with E-state index in [1.807, 2.05) is 60.0 Å². The van der Waals surface area contributed by atoms with Crippen LogP contribution in [0.15, 0.2) is 82.6 Å². The Bertz CT molecular complexity index is 1130. The summed E-state index contributed by atoms with van der Waals surface area (Å²) in [5, 5.41) is 13.0. The SMILES string of the molecule is C[C@@H](NC(=O)CSc1nnc(Cc2ccccc2)n1-c1ccc(Cl)cc1)c1ccco1. The normalized spacial score (nSPS) is 11.9. The van der Waals surface area contributed by atoms with Crippen LogP contribution in [-0.4, -0.2) is 26.4 Å². The van der Waals surface area contributed by atoms with Gasteiger partial charge >= 0.3 is 0 Å². The first-order valence-electron chi connectivity index (χ1n) is 9.80. The summed E-state index contributed by atoms with van der Waals surface area (Å²) in [5.74, 6) is 1.61. The molecule has 0 saturated carbocycles. The molecule has 158 valence electrons. The van der Waals surface area contributed by atoms with E-state index in [-0.39, 0.29) is 17.7 Å². The molecule has 2 heterocycles. The second-order valence-corrected chi connectivity index (χ2v) is 8.35. The van der Waals surface area contributed by atoms with Crippen molar-refractivity contribution in [2.45, 2.75) is 24.5 Å². The van der Waals surface area contributed by atoms with Crippen LogP contribution >= 0.6 is 23.4 Å². The van der Waals surface area contributed by atoms with E-state index < -0.39 is 0 Å². The van der Waals surface area contributed by atoms with Crippen LogP contribution in [0.2, 0.25) is 5.02 Å². The van der Waals surface area contributed by atoms with Gasteiger partial charge in [-0.3, -0.25) is 9.36 Å². The lowest BCUT2D eigenvalue weighted by Gasteiger charge is -2.12. The Morgan fingerprint density at radius 3 is 2.58 bits per heavy atom. The molecule has 4 aromatic rings. The molecule has 2 aromatic heterocycles. The van der Waals surface area contributed by atoms with E-state index in [0.717, 1.165) is 17.1 Å². The molecule has 0 aliphatic heterocycles. The van der Waals surface area contributed by atoms with Crippen molar-refractivity contribution < 1.29 is 9.21 Å². The van der Waals surface area contributed by atoms with E-state index >= 15 is 0 Å². The monoisotopic (exact) mass is 452 g/mol. The number of hydrogen-bond acceptors (Lipinski definition) is 5. The van der Waals surface area contributed by atoms with Crippen LogP contribution in [0.1, 0.15) is 30.1 Å². The number of furan rings is 1. The van der Waals surface area contributed by atoms with Gasteiger partial charge in [-0.2, -0.15) is 0 Å². The van der Waals surface area contributed by atoms with Crippen LogP contribution in [0.5, 0.6) is 0 Å². The fraction of sp³-hybridized carbons (Fsp3) is 0.174. The first kappa shape index (κ1) is 21.2. The molecular formula is C23H21ClN4O2S. The van der Waals surface area contributed by atoms with Gasteiger partial charge in [-0.1, -0.05) is 53.7 Å². The van der Waals surface area contributed by atoms with Crippen LogP contribution in [0.4, 0.5) is 0 Å². The summed E-state index contributed by atoms with van der Waals surface area (Å²) >= 11 is 7.41. The molecule has 1 atom stereocenters. The molecular weight excluding hydrogens is 432 g/mol. The molecule has 0 aliphatic rings. The highest BCUT2D eigenvalue weighted by Crippen LogP contribution is 2.25. The van der Waals surface area contributed by atoms with Gasteiger partial charge in [0.15, 0.2) is 5.16 Å². The predicted molar refractivity (Wildman–Crippen MR) is 122 cm³/mol. The van der Waals surface area contributed by atoms with E-state index in [4.69, 9.17) is 16.0 Å². The van der Waals surface area contributed by atoms with Gasteiger partial charge in [0.2, 0.25) is 5.91 Å². The molecule has 1 amide bonds. The second-order valence-electron chi connectivity index (χ2n) is 6.97. The fourth-order valence-electron chi connectivity index (χ4n) is 3.16. The highest BCUT2D eigenvalue weighted by atomic mass is 35.5. The summed E-state index contributed by atoms with van der Waals surface area (Å²) < 4.78 is 7.32. The average Bonchev–Trinajstić information content (AvgIpc) is 3.44. The van der Waals surface area contributed by atoms with E-state index in [1.165, 1.54) is 11.8 Å². The molecule has 0 unspecified atom stereocenters. The van der Waals surface area contributed by atoms with Gasteiger partial charge in [-0.15, -0.1) is 10.2 Å². The quantitative estimate of drug-likeness (QED) is 0.378. The Morgan fingerprint density at radius 1 is 1.10 bits per heavy atom. The van der Waals surface area contributed by atoms with E-state index in [0.29, 0.717) is 22.4 Å². The number of carbonyl (C=O) groups excluding carboxylic acids is 1. The zero-order chi connectivity index (χ0) is 21.6. The van der Waals surface area contributed by atoms with Crippen LogP contribution in [0.25, 0.3) is 5.69 Å². The Balaban J connectivity index is 1.52. The van der Waals surface area contributed by atoms with E-state index in [2.05, 4.69) is 27.6 Å². The smallest absolute Gasteiger partial charge is 0.231 e. The number of halogens is 1. The van der Waals surface area contributed by atoms with Gasteiger partial charge in [-0.05, 0) is 48.9 Å². The third-order valence-electron chi connectivity index (χ3n) is 4.67. The Hall–Kier alpha value is -3.03.